The molecule has 0 saturated carbocycles. The van der Waals surface area contributed by atoms with Crippen molar-refractivity contribution in [3.8, 4) is 0 Å². The minimum absolute atomic E-state index is 0.0567. The Kier molecular flexibility index (Phi) is 5.79. The molecule has 1 fully saturated rings. The second-order valence-electron chi connectivity index (χ2n) is 7.35. The molecule has 0 unspecified atom stereocenters. The quantitative estimate of drug-likeness (QED) is 0.565. The Bertz CT molecular complexity index is 1060. The first-order valence-electron chi connectivity index (χ1n) is 10.1. The Balaban J connectivity index is 1.25. The van der Waals surface area contributed by atoms with Crippen molar-refractivity contribution >= 4 is 28.7 Å². The Morgan fingerprint density at radius 3 is 2.57 bits per heavy atom. The molecular formula is C23H24N4O3. The van der Waals surface area contributed by atoms with Gasteiger partial charge in [-0.15, -0.1) is 0 Å². The number of fused-ring (bicyclic) bond motifs is 1. The first kappa shape index (κ1) is 19.7. The SMILES string of the molecule is O=C(C[C@H]1NC(=O)N(CCc2ccccc2)C1=O)NCCn1ccc2ccccc21. The lowest BCUT2D eigenvalue weighted by molar-refractivity contribution is -0.130. The van der Waals surface area contributed by atoms with Crippen LogP contribution in [0.1, 0.15) is 12.0 Å². The first-order chi connectivity index (χ1) is 14.6. The lowest BCUT2D eigenvalue weighted by Crippen LogP contribution is -2.37. The largest absolute Gasteiger partial charge is 0.354 e. The van der Waals surface area contributed by atoms with E-state index >= 15 is 0 Å². The van der Waals surface area contributed by atoms with Gasteiger partial charge in [0.1, 0.15) is 6.04 Å². The third-order valence-electron chi connectivity index (χ3n) is 5.32. The van der Waals surface area contributed by atoms with Gasteiger partial charge in [0.05, 0.1) is 6.42 Å². The summed E-state index contributed by atoms with van der Waals surface area (Å²) in [5.41, 5.74) is 2.16. The highest BCUT2D eigenvalue weighted by molar-refractivity contribution is 6.05. The zero-order chi connectivity index (χ0) is 20.9. The molecule has 0 bridgehead atoms. The molecule has 2 heterocycles. The van der Waals surface area contributed by atoms with E-state index in [1.165, 1.54) is 4.90 Å². The number of nitrogens with one attached hydrogen (secondary N) is 2. The van der Waals surface area contributed by atoms with Crippen molar-refractivity contribution in [2.24, 2.45) is 0 Å². The summed E-state index contributed by atoms with van der Waals surface area (Å²) < 4.78 is 2.07. The van der Waals surface area contributed by atoms with Gasteiger partial charge in [0.25, 0.3) is 5.91 Å². The van der Waals surface area contributed by atoms with E-state index < -0.39 is 12.1 Å². The monoisotopic (exact) mass is 404 g/mol. The van der Waals surface area contributed by atoms with Gasteiger partial charge in [-0.25, -0.2) is 4.79 Å². The van der Waals surface area contributed by atoms with Gasteiger partial charge in [-0.05, 0) is 29.5 Å². The van der Waals surface area contributed by atoms with Crippen LogP contribution in [-0.2, 0) is 22.6 Å². The van der Waals surface area contributed by atoms with Gasteiger partial charge in [0, 0.05) is 31.3 Å². The highest BCUT2D eigenvalue weighted by Gasteiger charge is 2.38. The van der Waals surface area contributed by atoms with Gasteiger partial charge in [0.2, 0.25) is 5.91 Å². The van der Waals surface area contributed by atoms with Crippen LogP contribution in [0.4, 0.5) is 4.79 Å². The molecule has 2 N–H and O–H groups in total. The lowest BCUT2D eigenvalue weighted by atomic mass is 10.1. The van der Waals surface area contributed by atoms with Crippen molar-refractivity contribution in [3.05, 3.63) is 72.4 Å². The molecule has 7 heteroatoms. The smallest absolute Gasteiger partial charge is 0.324 e. The zero-order valence-corrected chi connectivity index (χ0v) is 16.6. The van der Waals surface area contributed by atoms with E-state index in [9.17, 15) is 14.4 Å². The third kappa shape index (κ3) is 4.35. The fraction of sp³-hybridized carbons (Fsp3) is 0.261. The van der Waals surface area contributed by atoms with Crippen LogP contribution in [-0.4, -0.2) is 46.4 Å². The molecular weight excluding hydrogens is 380 g/mol. The molecule has 1 aliphatic heterocycles. The van der Waals surface area contributed by atoms with Gasteiger partial charge < -0.3 is 15.2 Å². The molecule has 0 aliphatic carbocycles. The molecule has 3 aromatic rings. The Labute approximate surface area is 174 Å². The van der Waals surface area contributed by atoms with Crippen molar-refractivity contribution in [3.63, 3.8) is 0 Å². The molecule has 1 saturated heterocycles. The highest BCUT2D eigenvalue weighted by Crippen LogP contribution is 2.15. The van der Waals surface area contributed by atoms with Crippen molar-refractivity contribution in [2.45, 2.75) is 25.4 Å². The predicted molar refractivity (Wildman–Crippen MR) is 114 cm³/mol. The number of imide groups is 1. The molecule has 2 aromatic carbocycles. The number of para-hydroxylation sites is 1. The van der Waals surface area contributed by atoms with Crippen LogP contribution in [0.3, 0.4) is 0 Å². The summed E-state index contributed by atoms with van der Waals surface area (Å²) >= 11 is 0. The van der Waals surface area contributed by atoms with Gasteiger partial charge in [-0.2, -0.15) is 0 Å². The third-order valence-corrected chi connectivity index (χ3v) is 5.32. The summed E-state index contributed by atoms with van der Waals surface area (Å²) in [5.74, 6) is -0.600. The van der Waals surface area contributed by atoms with Crippen LogP contribution in [0, 0.1) is 0 Å². The normalized spacial score (nSPS) is 16.1. The Morgan fingerprint density at radius 1 is 0.967 bits per heavy atom. The van der Waals surface area contributed by atoms with Crippen molar-refractivity contribution in [2.75, 3.05) is 13.1 Å². The van der Waals surface area contributed by atoms with Crippen LogP contribution in [0.5, 0.6) is 0 Å². The highest BCUT2D eigenvalue weighted by atomic mass is 16.2. The molecule has 7 nitrogen and oxygen atoms in total. The molecule has 1 atom stereocenters. The van der Waals surface area contributed by atoms with E-state index in [1.54, 1.807) is 0 Å². The summed E-state index contributed by atoms with van der Waals surface area (Å²) in [6.45, 7) is 1.38. The van der Waals surface area contributed by atoms with Crippen LogP contribution < -0.4 is 10.6 Å². The van der Waals surface area contributed by atoms with Crippen LogP contribution in [0.2, 0.25) is 0 Å². The Morgan fingerprint density at radius 2 is 1.73 bits per heavy atom. The fourth-order valence-electron chi connectivity index (χ4n) is 3.72. The molecule has 1 aromatic heterocycles. The molecule has 0 radical (unpaired) electrons. The maximum Gasteiger partial charge on any atom is 0.324 e. The van der Waals surface area contributed by atoms with Crippen LogP contribution in [0.25, 0.3) is 10.9 Å². The number of amides is 4. The Hall–Kier alpha value is -3.61. The number of hydrogen-bond acceptors (Lipinski definition) is 3. The summed E-state index contributed by atoms with van der Waals surface area (Å²) in [4.78, 5) is 38.2. The second kappa shape index (κ2) is 8.82. The van der Waals surface area contributed by atoms with E-state index in [0.717, 1.165) is 16.5 Å². The number of carbonyl (C=O) groups excluding carboxylic acids is 3. The summed E-state index contributed by atoms with van der Waals surface area (Å²) in [5, 5.41) is 6.61. The van der Waals surface area contributed by atoms with E-state index in [4.69, 9.17) is 0 Å². The maximum absolute atomic E-state index is 12.5. The number of nitrogens with zero attached hydrogens (tertiary/aromatic N) is 2. The maximum atomic E-state index is 12.5. The first-order valence-corrected chi connectivity index (χ1v) is 10.1. The standard InChI is InChI=1S/C23H24N4O3/c28-21(24-12-15-26-13-11-18-8-4-5-9-20(18)26)16-19-22(29)27(23(30)25-19)14-10-17-6-2-1-3-7-17/h1-9,11,13,19H,10,12,14-16H2,(H,24,28)(H,25,30)/t19-/m1/s1. The summed E-state index contributed by atoms with van der Waals surface area (Å²) in [6.07, 6.45) is 2.52. The van der Waals surface area contributed by atoms with Gasteiger partial charge in [-0.1, -0.05) is 48.5 Å². The number of carbonyl (C=O) groups is 3. The zero-order valence-electron chi connectivity index (χ0n) is 16.6. The van der Waals surface area contributed by atoms with Gasteiger partial charge in [-0.3, -0.25) is 14.5 Å². The fourth-order valence-corrected chi connectivity index (χ4v) is 3.72. The number of aromatic nitrogens is 1. The lowest BCUT2D eigenvalue weighted by Gasteiger charge is -2.13. The number of benzene rings is 2. The molecule has 4 rings (SSSR count). The van der Waals surface area contributed by atoms with Crippen LogP contribution in [0.15, 0.2) is 66.9 Å². The molecule has 4 amide bonds. The van der Waals surface area contributed by atoms with Crippen molar-refractivity contribution in [1.29, 1.82) is 0 Å². The summed E-state index contributed by atoms with van der Waals surface area (Å²) in [6, 6.07) is 18.5. The van der Waals surface area contributed by atoms with Gasteiger partial charge in [0.15, 0.2) is 0 Å². The van der Waals surface area contributed by atoms with Gasteiger partial charge >= 0.3 is 6.03 Å². The molecule has 30 heavy (non-hydrogen) atoms. The van der Waals surface area contributed by atoms with E-state index in [2.05, 4.69) is 15.2 Å². The van der Waals surface area contributed by atoms with Crippen molar-refractivity contribution in [1.82, 2.24) is 20.1 Å². The molecule has 154 valence electrons. The average molecular weight is 404 g/mol. The van der Waals surface area contributed by atoms with Crippen molar-refractivity contribution < 1.29 is 14.4 Å². The molecule has 0 spiro atoms. The number of rotatable bonds is 8. The number of urea groups is 1. The predicted octanol–water partition coefficient (Wildman–Crippen LogP) is 2.31. The average Bonchev–Trinajstić information content (AvgIpc) is 3.28. The minimum Gasteiger partial charge on any atom is -0.354 e. The minimum atomic E-state index is -0.805. The van der Waals surface area contributed by atoms with E-state index in [-0.39, 0.29) is 18.2 Å². The molecule has 1 aliphatic rings. The number of hydrogen-bond donors (Lipinski definition) is 2. The second-order valence-corrected chi connectivity index (χ2v) is 7.35. The van der Waals surface area contributed by atoms with E-state index in [1.807, 2.05) is 66.9 Å². The van der Waals surface area contributed by atoms with Crippen LogP contribution >= 0.6 is 0 Å². The topological polar surface area (TPSA) is 83.4 Å². The van der Waals surface area contributed by atoms with E-state index in [0.29, 0.717) is 26.1 Å². The summed E-state index contributed by atoms with van der Waals surface area (Å²) in [7, 11) is 0.